The first-order valence-corrected chi connectivity index (χ1v) is 8.39. The number of aliphatic hydroxyl groups is 1. The highest BCUT2D eigenvalue weighted by atomic mass is 19.4. The molecule has 2 nitrogen and oxygen atoms in total. The zero-order valence-corrected chi connectivity index (χ0v) is 15.5. The molecule has 1 unspecified atom stereocenters. The molecule has 3 aromatic rings. The van der Waals surface area contributed by atoms with Gasteiger partial charge in [0.05, 0.1) is 17.2 Å². The number of pyridine rings is 1. The number of alkyl halides is 6. The van der Waals surface area contributed by atoms with Crippen molar-refractivity contribution >= 4 is 10.9 Å². The molecule has 0 saturated heterocycles. The minimum Gasteiger partial charge on any atom is -0.389 e. The van der Waals surface area contributed by atoms with Crippen LogP contribution in [0.15, 0.2) is 42.5 Å². The molecule has 2 aromatic carbocycles. The van der Waals surface area contributed by atoms with Gasteiger partial charge in [-0.3, -0.25) is 0 Å². The van der Waals surface area contributed by atoms with E-state index in [0.717, 1.165) is 12.1 Å². The summed E-state index contributed by atoms with van der Waals surface area (Å²) in [6.07, 6.45) is -11.1. The van der Waals surface area contributed by atoms with Crippen LogP contribution in [0.2, 0.25) is 0 Å². The molecule has 0 aliphatic heterocycles. The van der Waals surface area contributed by atoms with E-state index in [0.29, 0.717) is 17.7 Å². The molecule has 1 aromatic heterocycles. The fourth-order valence-electron chi connectivity index (χ4n) is 2.56. The normalized spacial score (nSPS) is 13.0. The summed E-state index contributed by atoms with van der Waals surface area (Å²) >= 11 is 0. The van der Waals surface area contributed by atoms with Crippen molar-refractivity contribution in [1.82, 2.24) is 4.98 Å². The van der Waals surface area contributed by atoms with Crippen LogP contribution in [0.1, 0.15) is 35.4 Å². The highest BCUT2D eigenvalue weighted by Crippen LogP contribution is 2.38. The van der Waals surface area contributed by atoms with Gasteiger partial charge >= 0.3 is 12.4 Å². The van der Waals surface area contributed by atoms with Gasteiger partial charge in [-0.05, 0) is 43.2 Å². The second-order valence-electron chi connectivity index (χ2n) is 6.36. The van der Waals surface area contributed by atoms with E-state index in [1.54, 1.807) is 6.92 Å². The van der Waals surface area contributed by atoms with Crippen molar-refractivity contribution in [3.63, 3.8) is 0 Å². The zero-order valence-electron chi connectivity index (χ0n) is 15.5. The van der Waals surface area contributed by atoms with Crippen LogP contribution < -0.4 is 0 Å². The Morgan fingerprint density at radius 1 is 0.900 bits per heavy atom. The van der Waals surface area contributed by atoms with Gasteiger partial charge in [-0.25, -0.2) is 13.8 Å². The lowest BCUT2D eigenvalue weighted by molar-refractivity contribution is -0.142. The first kappa shape index (κ1) is 23.5. The maximum absolute atomic E-state index is 12.9. The van der Waals surface area contributed by atoms with E-state index in [-0.39, 0.29) is 10.9 Å². The molecule has 162 valence electrons. The van der Waals surface area contributed by atoms with Crippen molar-refractivity contribution in [1.29, 1.82) is 0 Å². The Morgan fingerprint density at radius 2 is 1.53 bits per heavy atom. The Hall–Kier alpha value is -2.75. The summed E-state index contributed by atoms with van der Waals surface area (Å²) in [7, 11) is 0. The van der Waals surface area contributed by atoms with E-state index in [1.807, 2.05) is 0 Å². The number of fused-ring (bicyclic) bond motifs is 1. The molecule has 0 spiro atoms. The topological polar surface area (TPSA) is 33.1 Å². The molecule has 1 heterocycles. The lowest BCUT2D eigenvalue weighted by atomic mass is 10.0. The van der Waals surface area contributed by atoms with Crippen molar-refractivity contribution in [2.75, 3.05) is 0 Å². The summed E-state index contributed by atoms with van der Waals surface area (Å²) in [5, 5.41) is 9.37. The number of aromatic nitrogens is 1. The average molecular weight is 437 g/mol. The predicted octanol–water partition coefficient (Wildman–Crippen LogP) is 6.60. The van der Waals surface area contributed by atoms with E-state index >= 15 is 0 Å². The van der Waals surface area contributed by atoms with Gasteiger partial charge in [0, 0.05) is 11.5 Å². The lowest BCUT2D eigenvalue weighted by Gasteiger charge is -2.16. The van der Waals surface area contributed by atoms with E-state index in [4.69, 9.17) is 0 Å². The van der Waals surface area contributed by atoms with Crippen LogP contribution in [0.25, 0.3) is 10.9 Å². The molecule has 3 rings (SSSR count). The fourth-order valence-corrected chi connectivity index (χ4v) is 2.56. The Morgan fingerprint density at radius 3 is 2.00 bits per heavy atom. The third-order valence-electron chi connectivity index (χ3n) is 4.05. The second-order valence-corrected chi connectivity index (χ2v) is 6.36. The number of hydrogen-bond acceptors (Lipinski definition) is 2. The van der Waals surface area contributed by atoms with Crippen molar-refractivity contribution in [3.8, 4) is 0 Å². The first-order valence-electron chi connectivity index (χ1n) is 8.39. The van der Waals surface area contributed by atoms with Crippen molar-refractivity contribution in [2.24, 2.45) is 0 Å². The standard InChI is InChI=1S/C13H9F6NO.C7H6F2/c1-6(21)8-5-10(13(17,18)19)20-11-7(8)3-2-4-9(11)12(14,15)16;1-5-2-3-6(8)4-7(5)9/h2-6,21H,1H3;2-4H,1H3. The minimum absolute atomic E-state index is 0.159. The van der Waals surface area contributed by atoms with E-state index in [2.05, 4.69) is 4.98 Å². The SMILES string of the molecule is CC(O)c1cc(C(F)(F)F)nc2c(C(F)(F)F)cccc12.Cc1ccc(F)cc1F. The number of hydrogen-bond donors (Lipinski definition) is 1. The van der Waals surface area contributed by atoms with Crippen LogP contribution in [0.3, 0.4) is 0 Å². The zero-order chi connectivity index (χ0) is 22.9. The maximum Gasteiger partial charge on any atom is 0.433 e. The Balaban J connectivity index is 0.000000297. The molecule has 0 fully saturated rings. The smallest absolute Gasteiger partial charge is 0.389 e. The number of rotatable bonds is 1. The summed E-state index contributed by atoms with van der Waals surface area (Å²) < 4.78 is 101. The summed E-state index contributed by atoms with van der Waals surface area (Å²) in [6.45, 7) is 2.77. The molecule has 1 atom stereocenters. The highest BCUT2D eigenvalue weighted by Gasteiger charge is 2.37. The number of halogens is 8. The average Bonchev–Trinajstić information content (AvgIpc) is 2.62. The van der Waals surface area contributed by atoms with Crippen LogP contribution in [0.4, 0.5) is 35.1 Å². The Kier molecular flexibility index (Phi) is 6.70. The lowest BCUT2D eigenvalue weighted by Crippen LogP contribution is -2.13. The minimum atomic E-state index is -4.91. The largest absolute Gasteiger partial charge is 0.433 e. The second kappa shape index (κ2) is 8.55. The third-order valence-corrected chi connectivity index (χ3v) is 4.05. The van der Waals surface area contributed by atoms with E-state index in [9.17, 15) is 40.2 Å². The molecule has 10 heteroatoms. The van der Waals surface area contributed by atoms with Crippen LogP contribution >= 0.6 is 0 Å². The van der Waals surface area contributed by atoms with Gasteiger partial charge in [0.25, 0.3) is 0 Å². The van der Waals surface area contributed by atoms with Gasteiger partial charge < -0.3 is 5.11 Å². The number of benzene rings is 2. The van der Waals surface area contributed by atoms with Gasteiger partial charge in [-0.15, -0.1) is 0 Å². The van der Waals surface area contributed by atoms with Crippen LogP contribution in [0.5, 0.6) is 0 Å². The monoisotopic (exact) mass is 437 g/mol. The molecule has 0 aliphatic rings. The predicted molar refractivity (Wildman–Crippen MR) is 93.5 cm³/mol. The van der Waals surface area contributed by atoms with E-state index in [1.165, 1.54) is 25.1 Å². The number of para-hydroxylation sites is 1. The quantitative estimate of drug-likeness (QED) is 0.435. The van der Waals surface area contributed by atoms with Crippen molar-refractivity contribution in [2.45, 2.75) is 32.3 Å². The molecular formula is C20H15F8NO. The maximum atomic E-state index is 12.9. The molecule has 1 N–H and O–H groups in total. The molecule has 0 saturated carbocycles. The molecule has 0 radical (unpaired) electrons. The Labute approximate surface area is 165 Å². The van der Waals surface area contributed by atoms with Crippen LogP contribution in [-0.4, -0.2) is 10.1 Å². The van der Waals surface area contributed by atoms with Gasteiger partial charge in [0.15, 0.2) is 0 Å². The van der Waals surface area contributed by atoms with E-state index < -0.39 is 46.9 Å². The Bertz CT molecular complexity index is 1040. The number of nitrogens with zero attached hydrogens (tertiary/aromatic N) is 1. The molecule has 0 aliphatic carbocycles. The number of aliphatic hydroxyl groups excluding tert-OH is 1. The fraction of sp³-hybridized carbons (Fsp3) is 0.250. The molecule has 0 bridgehead atoms. The number of aryl methyl sites for hydroxylation is 1. The van der Waals surface area contributed by atoms with Crippen LogP contribution in [-0.2, 0) is 12.4 Å². The van der Waals surface area contributed by atoms with Gasteiger partial charge in [-0.2, -0.15) is 26.3 Å². The molecule has 0 amide bonds. The van der Waals surface area contributed by atoms with Crippen molar-refractivity contribution in [3.05, 3.63) is 76.5 Å². The van der Waals surface area contributed by atoms with Gasteiger partial charge in [-0.1, -0.05) is 18.2 Å². The third kappa shape index (κ3) is 5.44. The van der Waals surface area contributed by atoms with Gasteiger partial charge in [0.1, 0.15) is 17.3 Å². The van der Waals surface area contributed by atoms with Crippen molar-refractivity contribution < 1.29 is 40.2 Å². The first-order chi connectivity index (χ1) is 13.7. The summed E-state index contributed by atoms with van der Waals surface area (Å²) in [5.41, 5.74) is -3.35. The van der Waals surface area contributed by atoms with Crippen LogP contribution in [0, 0.1) is 18.6 Å². The molecular weight excluding hydrogens is 422 g/mol. The summed E-state index contributed by atoms with van der Waals surface area (Å²) in [4.78, 5) is 3.10. The summed E-state index contributed by atoms with van der Waals surface area (Å²) in [5.74, 6) is -1.02. The summed E-state index contributed by atoms with van der Waals surface area (Å²) in [6, 6.07) is 6.98. The molecule has 30 heavy (non-hydrogen) atoms. The highest BCUT2D eigenvalue weighted by molar-refractivity contribution is 5.86. The van der Waals surface area contributed by atoms with Gasteiger partial charge in [0.2, 0.25) is 0 Å².